The van der Waals surface area contributed by atoms with Crippen LogP contribution in [0.3, 0.4) is 0 Å². The van der Waals surface area contributed by atoms with Gasteiger partial charge in [-0.25, -0.2) is 9.37 Å². The van der Waals surface area contributed by atoms with Crippen LogP contribution < -0.4 is 5.32 Å². The summed E-state index contributed by atoms with van der Waals surface area (Å²) in [7, 11) is 0. The number of benzene rings is 1. The minimum atomic E-state index is -0.758. The molecule has 0 atom stereocenters. The van der Waals surface area contributed by atoms with Crippen molar-refractivity contribution in [2.24, 2.45) is 0 Å². The summed E-state index contributed by atoms with van der Waals surface area (Å²) in [6, 6.07) is 2.74. The van der Waals surface area contributed by atoms with Crippen LogP contribution in [-0.2, 0) is 0 Å². The van der Waals surface area contributed by atoms with Gasteiger partial charge in [-0.2, -0.15) is 0 Å². The first-order valence-electron chi connectivity index (χ1n) is 6.09. The SMILES string of the molecule is CC(C)c1csc(NC(=O)c2cc(F)ccc2[N+](=O)[O-])n1. The van der Waals surface area contributed by atoms with E-state index in [1.54, 1.807) is 5.38 Å². The number of anilines is 1. The first-order chi connectivity index (χ1) is 9.88. The number of aromatic nitrogens is 1. The van der Waals surface area contributed by atoms with Crippen molar-refractivity contribution in [1.29, 1.82) is 0 Å². The van der Waals surface area contributed by atoms with Crippen LogP contribution in [0, 0.1) is 15.9 Å². The Bertz CT molecular complexity index is 700. The normalized spacial score (nSPS) is 10.7. The van der Waals surface area contributed by atoms with Crippen molar-refractivity contribution >= 4 is 28.1 Å². The molecule has 21 heavy (non-hydrogen) atoms. The maximum atomic E-state index is 13.2. The van der Waals surface area contributed by atoms with E-state index in [1.807, 2.05) is 13.8 Å². The molecule has 1 N–H and O–H groups in total. The van der Waals surface area contributed by atoms with Crippen molar-refractivity contribution in [1.82, 2.24) is 4.98 Å². The largest absolute Gasteiger partial charge is 0.298 e. The molecule has 0 spiro atoms. The highest BCUT2D eigenvalue weighted by molar-refractivity contribution is 7.14. The Labute approximate surface area is 123 Å². The van der Waals surface area contributed by atoms with Crippen LogP contribution in [0.2, 0.25) is 0 Å². The van der Waals surface area contributed by atoms with Crippen molar-refractivity contribution in [2.45, 2.75) is 19.8 Å². The lowest BCUT2D eigenvalue weighted by molar-refractivity contribution is -0.385. The number of nitrogens with one attached hydrogen (secondary N) is 1. The predicted octanol–water partition coefficient (Wildman–Crippen LogP) is 3.57. The fourth-order valence-corrected chi connectivity index (χ4v) is 2.49. The number of carbonyl (C=O) groups is 1. The summed E-state index contributed by atoms with van der Waals surface area (Å²) in [4.78, 5) is 26.4. The second-order valence-corrected chi connectivity index (χ2v) is 5.46. The van der Waals surface area contributed by atoms with Crippen molar-refractivity contribution < 1.29 is 14.1 Å². The fourth-order valence-electron chi connectivity index (χ4n) is 1.62. The van der Waals surface area contributed by atoms with Crippen LogP contribution in [0.1, 0.15) is 35.8 Å². The van der Waals surface area contributed by atoms with Gasteiger partial charge in [-0.05, 0) is 18.1 Å². The van der Waals surface area contributed by atoms with E-state index in [9.17, 15) is 19.3 Å². The minimum absolute atomic E-state index is 0.204. The molecular formula is C13H12FN3O3S. The molecule has 2 rings (SSSR count). The van der Waals surface area contributed by atoms with Gasteiger partial charge in [0.1, 0.15) is 11.4 Å². The molecule has 2 aromatic rings. The third-order valence-corrected chi connectivity index (χ3v) is 3.51. The Kier molecular flexibility index (Phi) is 4.27. The minimum Gasteiger partial charge on any atom is -0.298 e. The number of amides is 1. The second-order valence-electron chi connectivity index (χ2n) is 4.60. The van der Waals surface area contributed by atoms with E-state index in [1.165, 1.54) is 11.3 Å². The Morgan fingerprint density at radius 3 is 2.76 bits per heavy atom. The van der Waals surface area contributed by atoms with E-state index in [0.717, 1.165) is 23.9 Å². The van der Waals surface area contributed by atoms with Crippen LogP contribution in [-0.4, -0.2) is 15.8 Å². The maximum absolute atomic E-state index is 13.2. The first-order valence-corrected chi connectivity index (χ1v) is 6.97. The van der Waals surface area contributed by atoms with Crippen molar-refractivity contribution in [3.63, 3.8) is 0 Å². The van der Waals surface area contributed by atoms with Gasteiger partial charge in [-0.1, -0.05) is 13.8 Å². The monoisotopic (exact) mass is 309 g/mol. The lowest BCUT2D eigenvalue weighted by Gasteiger charge is -2.03. The third kappa shape index (κ3) is 3.40. The molecule has 0 aliphatic rings. The molecule has 1 amide bonds. The molecular weight excluding hydrogens is 297 g/mol. The standard InChI is InChI=1S/C13H12FN3O3S/c1-7(2)10-6-21-13(15-10)16-12(18)9-5-8(14)3-4-11(9)17(19)20/h3-7H,1-2H3,(H,15,16,18). The number of carbonyl (C=O) groups excluding carboxylic acids is 1. The quantitative estimate of drug-likeness (QED) is 0.691. The molecule has 1 aromatic heterocycles. The Balaban J connectivity index is 2.27. The van der Waals surface area contributed by atoms with Crippen molar-refractivity contribution in [2.75, 3.05) is 5.32 Å². The maximum Gasteiger partial charge on any atom is 0.282 e. The summed E-state index contributed by atoms with van der Waals surface area (Å²) in [5, 5.41) is 15.4. The van der Waals surface area contributed by atoms with E-state index in [4.69, 9.17) is 0 Å². The Morgan fingerprint density at radius 2 is 2.19 bits per heavy atom. The molecule has 0 radical (unpaired) electrons. The van der Waals surface area contributed by atoms with Crippen LogP contribution >= 0.6 is 11.3 Å². The van der Waals surface area contributed by atoms with Gasteiger partial charge >= 0.3 is 0 Å². The van der Waals surface area contributed by atoms with E-state index in [-0.39, 0.29) is 11.5 Å². The Morgan fingerprint density at radius 1 is 1.48 bits per heavy atom. The summed E-state index contributed by atoms with van der Waals surface area (Å²) in [5.41, 5.74) is 0.0277. The average molecular weight is 309 g/mol. The molecule has 8 heteroatoms. The summed E-state index contributed by atoms with van der Waals surface area (Å²) >= 11 is 1.21. The summed E-state index contributed by atoms with van der Waals surface area (Å²) in [5.74, 6) is -1.27. The van der Waals surface area contributed by atoms with Gasteiger partial charge in [0.05, 0.1) is 10.6 Å². The number of hydrogen-bond donors (Lipinski definition) is 1. The molecule has 0 fully saturated rings. The molecule has 0 unspecified atom stereocenters. The van der Waals surface area contributed by atoms with Gasteiger partial charge in [-0.15, -0.1) is 11.3 Å². The lowest BCUT2D eigenvalue weighted by atomic mass is 10.1. The molecule has 1 aromatic carbocycles. The average Bonchev–Trinajstić information content (AvgIpc) is 2.86. The number of thiazole rings is 1. The molecule has 110 valence electrons. The van der Waals surface area contributed by atoms with E-state index in [0.29, 0.717) is 5.13 Å². The molecule has 0 bridgehead atoms. The number of nitro groups is 1. The van der Waals surface area contributed by atoms with Gasteiger partial charge in [0.2, 0.25) is 0 Å². The molecule has 1 heterocycles. The van der Waals surface area contributed by atoms with Crippen molar-refractivity contribution in [3.05, 3.63) is 50.8 Å². The third-order valence-electron chi connectivity index (χ3n) is 2.73. The number of hydrogen-bond acceptors (Lipinski definition) is 5. The predicted molar refractivity (Wildman–Crippen MR) is 77.2 cm³/mol. The van der Waals surface area contributed by atoms with Crippen LogP contribution in [0.25, 0.3) is 0 Å². The van der Waals surface area contributed by atoms with Gasteiger partial charge in [0, 0.05) is 11.4 Å². The molecule has 6 nitrogen and oxygen atoms in total. The van der Waals surface area contributed by atoms with Gasteiger partial charge < -0.3 is 0 Å². The zero-order chi connectivity index (χ0) is 15.6. The summed E-state index contributed by atoms with van der Waals surface area (Å²) < 4.78 is 13.2. The van der Waals surface area contributed by atoms with Gasteiger partial charge in [0.25, 0.3) is 11.6 Å². The number of halogens is 1. The molecule has 0 saturated carbocycles. The molecule has 0 aliphatic heterocycles. The smallest absolute Gasteiger partial charge is 0.282 e. The Hall–Kier alpha value is -2.35. The van der Waals surface area contributed by atoms with Crippen LogP contribution in [0.5, 0.6) is 0 Å². The van der Waals surface area contributed by atoms with Crippen molar-refractivity contribution in [3.8, 4) is 0 Å². The second kappa shape index (κ2) is 5.96. The highest BCUT2D eigenvalue weighted by Crippen LogP contribution is 2.24. The van der Waals surface area contributed by atoms with E-state index in [2.05, 4.69) is 10.3 Å². The van der Waals surface area contributed by atoms with Gasteiger partial charge in [-0.3, -0.25) is 20.2 Å². The number of nitro benzene ring substituents is 1. The molecule has 0 aliphatic carbocycles. The highest BCUT2D eigenvalue weighted by Gasteiger charge is 2.21. The van der Waals surface area contributed by atoms with E-state index >= 15 is 0 Å². The summed E-state index contributed by atoms with van der Waals surface area (Å²) in [6.45, 7) is 3.91. The van der Waals surface area contributed by atoms with Crippen LogP contribution in [0.4, 0.5) is 15.2 Å². The summed E-state index contributed by atoms with van der Waals surface area (Å²) in [6.07, 6.45) is 0. The van der Waals surface area contributed by atoms with Gasteiger partial charge in [0.15, 0.2) is 5.13 Å². The molecule has 0 saturated heterocycles. The topological polar surface area (TPSA) is 85.1 Å². The van der Waals surface area contributed by atoms with Crippen LogP contribution in [0.15, 0.2) is 23.6 Å². The zero-order valence-electron chi connectivity index (χ0n) is 11.3. The number of rotatable bonds is 4. The highest BCUT2D eigenvalue weighted by atomic mass is 32.1. The zero-order valence-corrected chi connectivity index (χ0v) is 12.1. The number of nitrogens with zero attached hydrogens (tertiary/aromatic N) is 2. The fraction of sp³-hybridized carbons (Fsp3) is 0.231. The first kappa shape index (κ1) is 15.0. The van der Waals surface area contributed by atoms with E-state index < -0.39 is 22.3 Å². The lowest BCUT2D eigenvalue weighted by Crippen LogP contribution is -2.14.